The van der Waals surface area contributed by atoms with E-state index >= 15 is 0 Å². The molecule has 0 heterocycles. The van der Waals surface area contributed by atoms with Gasteiger partial charge in [-0.2, -0.15) is 0 Å². The first-order valence-electron chi connectivity index (χ1n) is 27.0. The van der Waals surface area contributed by atoms with Gasteiger partial charge in [-0.25, -0.2) is 4.79 Å². The van der Waals surface area contributed by atoms with Gasteiger partial charge in [0.1, 0.15) is 35.2 Å². The smallest absolute Gasteiger partial charge is 0.328 e. The summed E-state index contributed by atoms with van der Waals surface area (Å²) in [5.74, 6) is -7.73. The molecule has 0 radical (unpaired) electrons. The van der Waals surface area contributed by atoms with E-state index in [4.69, 9.17) is 4.74 Å². The monoisotopic (exact) mass is 1080 g/mol. The number of hydrogen-bond acceptors (Lipinski definition) is 13. The second-order valence-electron chi connectivity index (χ2n) is 22.5. The van der Waals surface area contributed by atoms with Crippen molar-refractivity contribution in [3.8, 4) is 0 Å². The summed E-state index contributed by atoms with van der Waals surface area (Å²) in [6, 6.07) is -4.17. The topological polar surface area (TPSA) is 329 Å². The summed E-state index contributed by atoms with van der Waals surface area (Å²) >= 11 is 0. The minimum absolute atomic E-state index is 0.0439. The van der Waals surface area contributed by atoms with E-state index < -0.39 is 120 Å². The molecule has 0 fully saturated rings. The molecule has 0 unspecified atom stereocenters. The lowest BCUT2D eigenvalue weighted by Crippen LogP contribution is -2.61. The Morgan fingerprint density at radius 2 is 0.816 bits per heavy atom. The second kappa shape index (κ2) is 34.7. The second-order valence-corrected chi connectivity index (χ2v) is 22.5. The zero-order chi connectivity index (χ0) is 58.6. The fourth-order valence-corrected chi connectivity index (χ4v) is 7.59. The first-order chi connectivity index (χ1) is 35.2. The maximum absolute atomic E-state index is 13.5. The minimum Gasteiger partial charge on any atom is -0.467 e. The molecule has 0 aromatic carbocycles. The lowest BCUT2D eigenvalue weighted by Gasteiger charge is -2.29. The molecule has 0 aliphatic rings. The van der Waals surface area contributed by atoms with Crippen molar-refractivity contribution in [3.05, 3.63) is 0 Å². The number of carbonyl (C=O) groups excluding carboxylic acids is 11. The average molecular weight is 1080 g/mol. The van der Waals surface area contributed by atoms with Crippen molar-refractivity contribution in [1.82, 2.24) is 58.5 Å². The molecule has 0 aliphatic carbocycles. The van der Waals surface area contributed by atoms with Crippen LogP contribution >= 0.6 is 0 Å². The minimum atomic E-state index is -1.60. The van der Waals surface area contributed by atoms with Gasteiger partial charge < -0.3 is 63.2 Å². The number of nitrogens with one attached hydrogen (secondary N) is 11. The summed E-state index contributed by atoms with van der Waals surface area (Å²) in [6.07, 6.45) is 7.84. The average Bonchev–Trinajstić information content (AvgIpc) is 3.32. The van der Waals surface area contributed by atoms with Gasteiger partial charge in [-0.05, 0) is 97.4 Å². The third-order valence-electron chi connectivity index (χ3n) is 12.4. The van der Waals surface area contributed by atoms with E-state index in [0.717, 1.165) is 19.3 Å². The maximum atomic E-state index is 13.5. The molecule has 5 atom stereocenters. The maximum Gasteiger partial charge on any atom is 0.328 e. The zero-order valence-corrected chi connectivity index (χ0v) is 48.6. The Kier molecular flexibility index (Phi) is 32.0. The van der Waals surface area contributed by atoms with Crippen molar-refractivity contribution in [1.29, 1.82) is 0 Å². The highest BCUT2D eigenvalue weighted by Gasteiger charge is 2.36. The van der Waals surface area contributed by atoms with Gasteiger partial charge in [-0.1, -0.05) is 101 Å². The summed E-state index contributed by atoms with van der Waals surface area (Å²) in [5.41, 5.74) is -4.10. The number of ether oxygens (including phenoxy) is 1. The number of amides is 10. The van der Waals surface area contributed by atoms with Crippen LogP contribution in [0.4, 0.5) is 0 Å². The molecule has 23 heteroatoms. The highest BCUT2D eigenvalue weighted by atomic mass is 16.5. The van der Waals surface area contributed by atoms with E-state index in [2.05, 4.69) is 65.4 Å². The van der Waals surface area contributed by atoms with Crippen molar-refractivity contribution in [2.24, 2.45) is 23.7 Å². The molecule has 0 aliphatic heterocycles. The quantitative estimate of drug-likeness (QED) is 0.0309. The van der Waals surface area contributed by atoms with Gasteiger partial charge in [0.15, 0.2) is 0 Å². The van der Waals surface area contributed by atoms with Gasteiger partial charge in [0.05, 0.1) is 38.8 Å². The number of unbranched alkanes of at least 4 members (excludes halogenated alkanes) is 5. The van der Waals surface area contributed by atoms with E-state index in [9.17, 15) is 52.7 Å². The van der Waals surface area contributed by atoms with Crippen LogP contribution in [-0.4, -0.2) is 146 Å². The summed E-state index contributed by atoms with van der Waals surface area (Å²) in [7, 11) is 1.22. The largest absolute Gasteiger partial charge is 0.467 e. The molecular formula is C53H97N11O12. The molecule has 23 nitrogen and oxygen atoms in total. The van der Waals surface area contributed by atoms with Gasteiger partial charge in [-0.15, -0.1) is 0 Å². The molecule has 10 amide bonds. The first kappa shape index (κ1) is 70.1. The first-order valence-corrected chi connectivity index (χ1v) is 27.0. The van der Waals surface area contributed by atoms with Crippen LogP contribution in [0.5, 0.6) is 0 Å². The Bertz CT molecular complexity index is 1940. The number of esters is 1. The van der Waals surface area contributed by atoms with Gasteiger partial charge in [0.2, 0.25) is 59.1 Å². The van der Waals surface area contributed by atoms with Gasteiger partial charge in [0, 0.05) is 0 Å². The molecule has 0 saturated heterocycles. The Morgan fingerprint density at radius 3 is 1.24 bits per heavy atom. The van der Waals surface area contributed by atoms with Crippen molar-refractivity contribution < 1.29 is 57.5 Å². The van der Waals surface area contributed by atoms with Crippen LogP contribution in [0.25, 0.3) is 0 Å². The van der Waals surface area contributed by atoms with Crippen molar-refractivity contribution >= 4 is 65.0 Å². The lowest BCUT2D eigenvalue weighted by molar-refractivity contribution is -0.146. The molecule has 436 valence electrons. The van der Waals surface area contributed by atoms with Crippen LogP contribution in [0.3, 0.4) is 0 Å². The van der Waals surface area contributed by atoms with Crippen molar-refractivity contribution in [2.75, 3.05) is 39.8 Å². The zero-order valence-electron chi connectivity index (χ0n) is 48.6. The van der Waals surface area contributed by atoms with E-state index in [1.54, 1.807) is 20.8 Å². The Morgan fingerprint density at radius 1 is 0.434 bits per heavy atom. The Balaban J connectivity index is 5.37. The predicted octanol–water partition coefficient (Wildman–Crippen LogP) is 1.27. The van der Waals surface area contributed by atoms with E-state index in [1.165, 1.54) is 54.1 Å². The van der Waals surface area contributed by atoms with E-state index in [1.807, 2.05) is 48.5 Å². The number of hydrogen-bond donors (Lipinski definition) is 11. The standard InChI is InChI=1S/C53H97N11O12/c1-17-19-20-21-22-23-24-58-51(10,11)48(73)56-30-41(67)60-37(26-33(5)6)45(70)63-52(12,13)49(74)55-28-39(65)54-29-40(66)59-36(25-32(3)4)44(69)64-53(14,15)50(75)57-31-42(68)62-43(35(9)18-2)46(71)61-38(27-34(7)8)47(72)76-16/h32-38,43,58H,17-31H2,1-16H3,(H,54,65)(H,55,74)(H,56,73)(H,57,75)(H,59,66)(H,60,67)(H,61,71)(H,62,68)(H,63,70)(H,64,69)/t35-,36-,37-,38-,43-/m0/s1. The highest BCUT2D eigenvalue weighted by molar-refractivity contribution is 5.98. The molecule has 76 heavy (non-hydrogen) atoms. The third kappa shape index (κ3) is 28.3. The molecule has 0 aromatic rings. The van der Waals surface area contributed by atoms with E-state index in [0.29, 0.717) is 19.4 Å². The summed E-state index contributed by atoms with van der Waals surface area (Å²) < 4.78 is 4.84. The van der Waals surface area contributed by atoms with Gasteiger partial charge >= 0.3 is 5.97 Å². The van der Waals surface area contributed by atoms with Crippen molar-refractivity contribution in [3.63, 3.8) is 0 Å². The van der Waals surface area contributed by atoms with Crippen LogP contribution < -0.4 is 58.5 Å². The van der Waals surface area contributed by atoms with Crippen LogP contribution in [0.1, 0.15) is 168 Å². The Labute approximate surface area is 452 Å². The van der Waals surface area contributed by atoms with Crippen LogP contribution in [0.15, 0.2) is 0 Å². The fraction of sp³-hybridized carbons (Fsp3) is 0.792. The predicted molar refractivity (Wildman–Crippen MR) is 289 cm³/mol. The number of rotatable bonds is 37. The van der Waals surface area contributed by atoms with Crippen molar-refractivity contribution in [2.45, 2.75) is 209 Å². The molecule has 0 spiro atoms. The molecular weight excluding hydrogens is 983 g/mol. The summed E-state index contributed by atoms with van der Waals surface area (Å²) in [6.45, 7) is 24.5. The number of carbonyl (C=O) groups is 11. The van der Waals surface area contributed by atoms with Crippen LogP contribution in [-0.2, 0) is 57.5 Å². The summed E-state index contributed by atoms with van der Waals surface area (Å²) in [4.78, 5) is 144. The molecule has 0 saturated carbocycles. The molecule has 0 aromatic heterocycles. The summed E-state index contributed by atoms with van der Waals surface area (Å²) in [5, 5.41) is 28.9. The number of methoxy groups -OCH3 is 1. The fourth-order valence-electron chi connectivity index (χ4n) is 7.59. The highest BCUT2D eigenvalue weighted by Crippen LogP contribution is 2.14. The molecule has 0 bridgehead atoms. The third-order valence-corrected chi connectivity index (χ3v) is 12.4. The van der Waals surface area contributed by atoms with Gasteiger partial charge in [0.25, 0.3) is 0 Å². The van der Waals surface area contributed by atoms with Crippen LogP contribution in [0.2, 0.25) is 0 Å². The lowest BCUT2D eigenvalue weighted by atomic mass is 9.97. The molecule has 0 rings (SSSR count). The normalized spacial score (nSPS) is 13.7. The van der Waals surface area contributed by atoms with Crippen LogP contribution in [0, 0.1) is 23.7 Å². The van der Waals surface area contributed by atoms with Gasteiger partial charge in [-0.3, -0.25) is 47.9 Å². The molecule has 11 N–H and O–H groups in total. The Hall–Kier alpha value is -5.87. The SMILES string of the molecule is CCCCCCCCNC(C)(C)C(=O)NCC(=O)N[C@@H](CC(C)C)C(=O)NC(C)(C)C(=O)NCC(=O)NCC(=O)N[C@@H](CC(C)C)C(=O)NC(C)(C)C(=O)NCC(=O)N[C@H](C(=O)N[C@@H](CC(C)C)C(=O)OC)[C@@H](C)CC. The van der Waals surface area contributed by atoms with E-state index in [-0.39, 0.29) is 49.0 Å².